The number of carbonyl (C=O) groups is 1. The summed E-state index contributed by atoms with van der Waals surface area (Å²) in [7, 11) is 0. The second kappa shape index (κ2) is 3.92. The number of benzene rings is 1. The fourth-order valence-electron chi connectivity index (χ4n) is 1.95. The number of hydrogen-bond donors (Lipinski definition) is 1. The van der Waals surface area contributed by atoms with Crippen LogP contribution in [0.4, 0.5) is 11.4 Å². The fourth-order valence-corrected chi connectivity index (χ4v) is 1.95. The molecule has 2 rings (SSSR count). The van der Waals surface area contributed by atoms with E-state index in [0.717, 1.165) is 5.56 Å². The van der Waals surface area contributed by atoms with Crippen molar-refractivity contribution in [2.75, 3.05) is 5.32 Å². The molecule has 1 aliphatic heterocycles. The minimum Gasteiger partial charge on any atom is -0.326 e. The first-order valence-electron chi connectivity index (χ1n) is 5.13. The molecule has 1 atom stereocenters. The summed E-state index contributed by atoms with van der Waals surface area (Å²) < 4.78 is 0. The quantitative estimate of drug-likeness (QED) is 0.582. The van der Waals surface area contributed by atoms with Crippen LogP contribution >= 0.6 is 0 Å². The van der Waals surface area contributed by atoms with Gasteiger partial charge < -0.3 is 5.32 Å². The highest BCUT2D eigenvalue weighted by Crippen LogP contribution is 2.28. The maximum Gasteiger partial charge on any atom is 0.269 e. The van der Waals surface area contributed by atoms with Gasteiger partial charge in [-0.3, -0.25) is 14.9 Å². The predicted molar refractivity (Wildman–Crippen MR) is 59.2 cm³/mol. The zero-order chi connectivity index (χ0) is 11.7. The Hall–Kier alpha value is -1.91. The SMILES string of the molecule is CC1CC(=O)Nc2ccc([N+](=O)[O-])cc2C1. The predicted octanol–water partition coefficient (Wildman–Crippen LogP) is 2.12. The highest BCUT2D eigenvalue weighted by atomic mass is 16.6. The first kappa shape index (κ1) is 10.6. The van der Waals surface area contributed by atoms with Gasteiger partial charge in [0.1, 0.15) is 0 Å². The smallest absolute Gasteiger partial charge is 0.269 e. The first-order valence-corrected chi connectivity index (χ1v) is 5.13. The van der Waals surface area contributed by atoms with Crippen LogP contribution in [-0.2, 0) is 11.2 Å². The third-order valence-corrected chi connectivity index (χ3v) is 2.68. The largest absolute Gasteiger partial charge is 0.326 e. The number of nitro benzene ring substituents is 1. The lowest BCUT2D eigenvalue weighted by molar-refractivity contribution is -0.384. The van der Waals surface area contributed by atoms with E-state index in [4.69, 9.17) is 0 Å². The third-order valence-electron chi connectivity index (χ3n) is 2.68. The molecule has 0 saturated carbocycles. The van der Waals surface area contributed by atoms with Gasteiger partial charge in [0.2, 0.25) is 5.91 Å². The Kier molecular flexibility index (Phi) is 2.60. The number of amides is 1. The van der Waals surface area contributed by atoms with Gasteiger partial charge in [0.25, 0.3) is 5.69 Å². The molecule has 0 spiro atoms. The molecule has 1 heterocycles. The van der Waals surface area contributed by atoms with E-state index >= 15 is 0 Å². The average Bonchev–Trinajstić information content (AvgIpc) is 2.32. The lowest BCUT2D eigenvalue weighted by atomic mass is 9.98. The van der Waals surface area contributed by atoms with Gasteiger partial charge in [-0.25, -0.2) is 0 Å². The van der Waals surface area contributed by atoms with E-state index in [0.29, 0.717) is 18.5 Å². The summed E-state index contributed by atoms with van der Waals surface area (Å²) >= 11 is 0. The summed E-state index contributed by atoms with van der Waals surface area (Å²) in [5, 5.41) is 13.4. The van der Waals surface area contributed by atoms with Gasteiger partial charge >= 0.3 is 0 Å². The van der Waals surface area contributed by atoms with Gasteiger partial charge in [0.05, 0.1) is 4.92 Å². The molecule has 5 nitrogen and oxygen atoms in total. The Balaban J connectivity index is 2.42. The van der Waals surface area contributed by atoms with E-state index in [9.17, 15) is 14.9 Å². The van der Waals surface area contributed by atoms with E-state index in [1.807, 2.05) is 6.92 Å². The topological polar surface area (TPSA) is 72.2 Å². The van der Waals surface area contributed by atoms with Crippen molar-refractivity contribution in [3.8, 4) is 0 Å². The van der Waals surface area contributed by atoms with E-state index in [1.165, 1.54) is 12.1 Å². The van der Waals surface area contributed by atoms with Crippen molar-refractivity contribution in [3.63, 3.8) is 0 Å². The van der Waals surface area contributed by atoms with Crippen LogP contribution in [0.1, 0.15) is 18.9 Å². The second-order valence-corrected chi connectivity index (χ2v) is 4.16. The van der Waals surface area contributed by atoms with Crippen LogP contribution in [0, 0.1) is 16.0 Å². The number of anilines is 1. The molecule has 0 bridgehead atoms. The highest BCUT2D eigenvalue weighted by molar-refractivity contribution is 5.92. The van der Waals surface area contributed by atoms with Crippen molar-refractivity contribution in [3.05, 3.63) is 33.9 Å². The zero-order valence-corrected chi connectivity index (χ0v) is 8.90. The molecule has 84 valence electrons. The van der Waals surface area contributed by atoms with Crippen LogP contribution < -0.4 is 5.32 Å². The third kappa shape index (κ3) is 2.03. The van der Waals surface area contributed by atoms with Crippen LogP contribution in [-0.4, -0.2) is 10.8 Å². The summed E-state index contributed by atoms with van der Waals surface area (Å²) in [5.41, 5.74) is 1.61. The molecule has 0 saturated heterocycles. The molecule has 0 radical (unpaired) electrons. The molecule has 0 aromatic heterocycles. The first-order chi connectivity index (χ1) is 7.56. The number of carbonyl (C=O) groups excluding carboxylic acids is 1. The summed E-state index contributed by atoms with van der Waals surface area (Å²) in [6, 6.07) is 4.55. The van der Waals surface area contributed by atoms with Crippen molar-refractivity contribution >= 4 is 17.3 Å². The molecule has 5 heteroatoms. The van der Waals surface area contributed by atoms with Crippen molar-refractivity contribution < 1.29 is 9.72 Å². The molecular weight excluding hydrogens is 208 g/mol. The lowest BCUT2D eigenvalue weighted by Crippen LogP contribution is -2.11. The molecule has 1 unspecified atom stereocenters. The summed E-state index contributed by atoms with van der Waals surface area (Å²) in [5.74, 6) is 0.184. The Morgan fingerprint density at radius 3 is 2.88 bits per heavy atom. The van der Waals surface area contributed by atoms with Crippen LogP contribution in [0.2, 0.25) is 0 Å². The van der Waals surface area contributed by atoms with Crippen molar-refractivity contribution in [1.29, 1.82) is 0 Å². The van der Waals surface area contributed by atoms with Crippen LogP contribution in [0.3, 0.4) is 0 Å². The van der Waals surface area contributed by atoms with Crippen molar-refractivity contribution in [2.45, 2.75) is 19.8 Å². The summed E-state index contributed by atoms with van der Waals surface area (Å²) in [6.45, 7) is 1.97. The fraction of sp³-hybridized carbons (Fsp3) is 0.364. The summed E-state index contributed by atoms with van der Waals surface area (Å²) in [6.07, 6.45) is 1.15. The second-order valence-electron chi connectivity index (χ2n) is 4.16. The number of nitro groups is 1. The maximum absolute atomic E-state index is 11.4. The average molecular weight is 220 g/mol. The highest BCUT2D eigenvalue weighted by Gasteiger charge is 2.20. The molecule has 16 heavy (non-hydrogen) atoms. The molecule has 1 aromatic rings. The van der Waals surface area contributed by atoms with Crippen molar-refractivity contribution in [2.24, 2.45) is 5.92 Å². The number of nitrogens with one attached hydrogen (secondary N) is 1. The molecule has 1 amide bonds. The normalized spacial score (nSPS) is 19.6. The van der Waals surface area contributed by atoms with E-state index in [2.05, 4.69) is 5.32 Å². The number of hydrogen-bond acceptors (Lipinski definition) is 3. The lowest BCUT2D eigenvalue weighted by Gasteiger charge is -2.06. The van der Waals surface area contributed by atoms with Gasteiger partial charge in [0, 0.05) is 24.2 Å². The van der Waals surface area contributed by atoms with E-state index in [1.54, 1.807) is 6.07 Å². The standard InChI is InChI=1S/C11H12N2O3/c1-7-4-8-6-9(13(15)16)2-3-10(8)12-11(14)5-7/h2-3,6-7H,4-5H2,1H3,(H,12,14). The van der Waals surface area contributed by atoms with Crippen LogP contribution in [0.15, 0.2) is 18.2 Å². The van der Waals surface area contributed by atoms with Gasteiger partial charge in [0.15, 0.2) is 0 Å². The monoisotopic (exact) mass is 220 g/mol. The van der Waals surface area contributed by atoms with Gasteiger partial charge in [-0.05, 0) is 24.0 Å². The zero-order valence-electron chi connectivity index (χ0n) is 8.90. The Morgan fingerprint density at radius 2 is 2.19 bits per heavy atom. The van der Waals surface area contributed by atoms with Gasteiger partial charge in [-0.2, -0.15) is 0 Å². The Bertz CT molecular complexity index is 457. The number of non-ortho nitro benzene ring substituents is 1. The number of fused-ring (bicyclic) bond motifs is 1. The number of nitrogens with zero attached hydrogens (tertiary/aromatic N) is 1. The van der Waals surface area contributed by atoms with E-state index < -0.39 is 4.92 Å². The minimum atomic E-state index is -0.419. The molecule has 1 aliphatic rings. The summed E-state index contributed by atoms with van der Waals surface area (Å²) in [4.78, 5) is 21.6. The van der Waals surface area contributed by atoms with Gasteiger partial charge in [-0.15, -0.1) is 0 Å². The van der Waals surface area contributed by atoms with Crippen molar-refractivity contribution in [1.82, 2.24) is 0 Å². The molecule has 0 fully saturated rings. The minimum absolute atomic E-state index is 0.0277. The van der Waals surface area contributed by atoms with Gasteiger partial charge in [-0.1, -0.05) is 6.92 Å². The molecule has 1 aromatic carbocycles. The van der Waals surface area contributed by atoms with E-state index in [-0.39, 0.29) is 17.5 Å². The van der Waals surface area contributed by atoms with Crippen LogP contribution in [0.25, 0.3) is 0 Å². The van der Waals surface area contributed by atoms with Crippen LogP contribution in [0.5, 0.6) is 0 Å². The molecule has 0 aliphatic carbocycles. The Labute approximate surface area is 92.6 Å². The maximum atomic E-state index is 11.4. The molecular formula is C11H12N2O3. The Morgan fingerprint density at radius 1 is 1.44 bits per heavy atom. The number of rotatable bonds is 1. The molecule has 1 N–H and O–H groups in total.